The molecule has 0 amide bonds. The van der Waals surface area contributed by atoms with Crippen molar-refractivity contribution in [3.8, 4) is 0 Å². The fourth-order valence-electron chi connectivity index (χ4n) is 0.515. The number of unbranched alkanes of at least 4 members (excludes halogenated alkanes) is 2. The molecule has 0 bridgehead atoms. The van der Waals surface area contributed by atoms with E-state index in [4.69, 9.17) is 0 Å². The highest BCUT2D eigenvalue weighted by Crippen LogP contribution is 1.90. The molecule has 0 saturated heterocycles. The van der Waals surface area contributed by atoms with Gasteiger partial charge in [-0.25, -0.2) is 0 Å². The van der Waals surface area contributed by atoms with E-state index in [9.17, 15) is 0 Å². The molecule has 0 aliphatic carbocycles. The van der Waals surface area contributed by atoms with Gasteiger partial charge in [-0.2, -0.15) is 0 Å². The van der Waals surface area contributed by atoms with Gasteiger partial charge < -0.3 is 5.32 Å². The second kappa shape index (κ2) is 6.70. The molecule has 47 valence electrons. The zero-order valence-corrected chi connectivity index (χ0v) is 5.48. The molecule has 0 unspecified atom stereocenters. The Balaban J connectivity index is 2.62. The van der Waals surface area contributed by atoms with Crippen LogP contribution in [0.15, 0.2) is 12.7 Å². The van der Waals surface area contributed by atoms with E-state index in [2.05, 4.69) is 18.3 Å². The van der Waals surface area contributed by atoms with E-state index in [1.165, 1.54) is 6.42 Å². The Morgan fingerprint density at radius 3 is 2.88 bits per heavy atom. The zero-order valence-electron chi connectivity index (χ0n) is 5.48. The molecule has 1 radical (unpaired) electrons. The van der Waals surface area contributed by atoms with E-state index in [1.807, 2.05) is 13.1 Å². The standard InChI is InChI=1S/C7H14N/c1-3-4-5-6-7-8-2/h3-4,8H,1,5-7H2,2H3. The Labute approximate surface area is 51.8 Å². The maximum Gasteiger partial charge on any atom is -0.00517 e. The molecule has 0 saturated carbocycles. The molecule has 0 fully saturated rings. The van der Waals surface area contributed by atoms with Gasteiger partial charge in [-0.3, -0.25) is 0 Å². The van der Waals surface area contributed by atoms with Crippen LogP contribution in [0, 0.1) is 6.42 Å². The third-order valence-corrected chi connectivity index (χ3v) is 0.964. The Hall–Kier alpha value is -0.300. The van der Waals surface area contributed by atoms with Gasteiger partial charge in [-0.05, 0) is 32.9 Å². The highest BCUT2D eigenvalue weighted by Gasteiger charge is 1.80. The summed E-state index contributed by atoms with van der Waals surface area (Å²) in [6.45, 7) is 4.68. The first-order valence-electron chi connectivity index (χ1n) is 3.00. The van der Waals surface area contributed by atoms with Crippen LogP contribution < -0.4 is 5.32 Å². The molecule has 0 aliphatic rings. The molecule has 0 aliphatic heterocycles. The highest BCUT2D eigenvalue weighted by molar-refractivity contribution is 4.85. The maximum atomic E-state index is 3.58. The highest BCUT2D eigenvalue weighted by atomic mass is 14.8. The Bertz CT molecular complexity index is 50.3. The second-order valence-corrected chi connectivity index (χ2v) is 1.72. The van der Waals surface area contributed by atoms with E-state index in [1.54, 1.807) is 0 Å². The molecular weight excluding hydrogens is 98.1 g/mol. The van der Waals surface area contributed by atoms with E-state index < -0.39 is 0 Å². The molecule has 1 heteroatoms. The van der Waals surface area contributed by atoms with Crippen molar-refractivity contribution in [3.05, 3.63) is 19.1 Å². The monoisotopic (exact) mass is 112 g/mol. The van der Waals surface area contributed by atoms with Crippen molar-refractivity contribution >= 4 is 0 Å². The summed E-state index contributed by atoms with van der Waals surface area (Å²) in [5, 5.41) is 3.07. The molecule has 0 heterocycles. The molecule has 0 aromatic carbocycles. The second-order valence-electron chi connectivity index (χ2n) is 1.72. The fraction of sp³-hybridized carbons (Fsp3) is 0.571. The van der Waals surface area contributed by atoms with Crippen molar-refractivity contribution in [1.29, 1.82) is 0 Å². The van der Waals surface area contributed by atoms with Gasteiger partial charge in [0.05, 0.1) is 0 Å². The Morgan fingerprint density at radius 2 is 2.38 bits per heavy atom. The third-order valence-electron chi connectivity index (χ3n) is 0.964. The lowest BCUT2D eigenvalue weighted by molar-refractivity contribution is 0.725. The molecule has 1 nitrogen and oxygen atoms in total. The van der Waals surface area contributed by atoms with Crippen molar-refractivity contribution in [2.24, 2.45) is 0 Å². The van der Waals surface area contributed by atoms with E-state index in [0.29, 0.717) is 0 Å². The predicted octanol–water partition coefficient (Wildman–Crippen LogP) is 1.38. The van der Waals surface area contributed by atoms with Gasteiger partial charge >= 0.3 is 0 Å². The molecule has 8 heavy (non-hydrogen) atoms. The van der Waals surface area contributed by atoms with Crippen LogP contribution >= 0.6 is 0 Å². The van der Waals surface area contributed by atoms with Gasteiger partial charge in [-0.1, -0.05) is 6.08 Å². The van der Waals surface area contributed by atoms with Gasteiger partial charge in [0.2, 0.25) is 0 Å². The molecule has 0 atom stereocenters. The molecule has 0 rings (SSSR count). The number of allylic oxidation sites excluding steroid dienone is 1. The smallest absolute Gasteiger partial charge is 0.00517 e. The predicted molar refractivity (Wildman–Crippen MR) is 37.7 cm³/mol. The zero-order chi connectivity index (χ0) is 6.24. The summed E-state index contributed by atoms with van der Waals surface area (Å²) in [6.07, 6.45) is 6.28. The van der Waals surface area contributed by atoms with Crippen LogP contribution in [0.5, 0.6) is 0 Å². The molecule has 0 aromatic rings. The average Bonchev–Trinajstić information content (AvgIpc) is 1.81. The number of rotatable bonds is 5. The Morgan fingerprint density at radius 1 is 1.62 bits per heavy atom. The lowest BCUT2D eigenvalue weighted by Gasteiger charge is -1.93. The summed E-state index contributed by atoms with van der Waals surface area (Å²) in [7, 11) is 1.97. The molecule has 1 N–H and O–H groups in total. The fourth-order valence-corrected chi connectivity index (χ4v) is 0.515. The summed E-state index contributed by atoms with van der Waals surface area (Å²) < 4.78 is 0. The van der Waals surface area contributed by atoms with E-state index in [-0.39, 0.29) is 0 Å². The van der Waals surface area contributed by atoms with Crippen LogP contribution in [0.3, 0.4) is 0 Å². The van der Waals surface area contributed by atoms with Gasteiger partial charge in [0.25, 0.3) is 0 Å². The number of hydrogen-bond donors (Lipinski definition) is 1. The van der Waals surface area contributed by atoms with Crippen LogP contribution in [0.1, 0.15) is 12.8 Å². The number of hydrogen-bond acceptors (Lipinski definition) is 1. The van der Waals surface area contributed by atoms with Crippen molar-refractivity contribution in [1.82, 2.24) is 5.32 Å². The van der Waals surface area contributed by atoms with Crippen LogP contribution in [0.25, 0.3) is 0 Å². The van der Waals surface area contributed by atoms with Gasteiger partial charge in [0, 0.05) is 0 Å². The summed E-state index contributed by atoms with van der Waals surface area (Å²) in [5.41, 5.74) is 0. The van der Waals surface area contributed by atoms with Gasteiger partial charge in [-0.15, -0.1) is 6.58 Å². The summed E-state index contributed by atoms with van der Waals surface area (Å²) in [4.78, 5) is 0. The van der Waals surface area contributed by atoms with Crippen LogP contribution in [0.2, 0.25) is 0 Å². The minimum Gasteiger partial charge on any atom is -0.320 e. The molecule has 0 aromatic heterocycles. The van der Waals surface area contributed by atoms with E-state index in [0.717, 1.165) is 13.0 Å². The molecular formula is C7H14N. The quantitative estimate of drug-likeness (QED) is 0.530. The van der Waals surface area contributed by atoms with Gasteiger partial charge in [0.1, 0.15) is 0 Å². The minimum atomic E-state index is 1.10. The summed E-state index contributed by atoms with van der Waals surface area (Å²) in [5.74, 6) is 0. The first-order chi connectivity index (χ1) is 3.91. The van der Waals surface area contributed by atoms with Crippen molar-refractivity contribution in [2.75, 3.05) is 13.6 Å². The van der Waals surface area contributed by atoms with Crippen LogP contribution in [0.4, 0.5) is 0 Å². The minimum absolute atomic E-state index is 1.10. The van der Waals surface area contributed by atoms with Crippen molar-refractivity contribution < 1.29 is 0 Å². The van der Waals surface area contributed by atoms with E-state index >= 15 is 0 Å². The summed E-state index contributed by atoms with van der Waals surface area (Å²) >= 11 is 0. The van der Waals surface area contributed by atoms with Crippen LogP contribution in [-0.4, -0.2) is 13.6 Å². The third kappa shape index (κ3) is 5.70. The van der Waals surface area contributed by atoms with Gasteiger partial charge in [0.15, 0.2) is 0 Å². The lowest BCUT2D eigenvalue weighted by Crippen LogP contribution is -2.06. The average molecular weight is 112 g/mol. The topological polar surface area (TPSA) is 12.0 Å². The van der Waals surface area contributed by atoms with Crippen molar-refractivity contribution in [2.45, 2.75) is 12.8 Å². The molecule has 0 spiro atoms. The summed E-state index contributed by atoms with van der Waals surface area (Å²) in [6, 6.07) is 0. The normalized spacial score (nSPS) is 9.12. The SMILES string of the molecule is C=C[CH]CCCNC. The lowest BCUT2D eigenvalue weighted by atomic mass is 10.2. The Kier molecular flexibility index (Phi) is 6.45. The number of nitrogens with one attached hydrogen (secondary N) is 1. The largest absolute Gasteiger partial charge is 0.320 e. The van der Waals surface area contributed by atoms with Crippen molar-refractivity contribution in [3.63, 3.8) is 0 Å². The van der Waals surface area contributed by atoms with Crippen LogP contribution in [-0.2, 0) is 0 Å². The first-order valence-corrected chi connectivity index (χ1v) is 3.00. The maximum absolute atomic E-state index is 3.58. The first kappa shape index (κ1) is 7.70.